The molecule has 2 N–H and O–H groups in total. The predicted molar refractivity (Wildman–Crippen MR) is 71.1 cm³/mol. The minimum atomic E-state index is -0.785. The summed E-state index contributed by atoms with van der Waals surface area (Å²) < 4.78 is 0. The molecule has 0 bridgehead atoms. The lowest BCUT2D eigenvalue weighted by atomic mass is 9.95. The summed E-state index contributed by atoms with van der Waals surface area (Å²) in [4.78, 5) is 12.0. The van der Waals surface area contributed by atoms with Gasteiger partial charge in [0.1, 0.15) is 5.75 Å². The van der Waals surface area contributed by atoms with Gasteiger partial charge in [0.25, 0.3) is 0 Å². The van der Waals surface area contributed by atoms with E-state index in [0.717, 1.165) is 10.4 Å². The summed E-state index contributed by atoms with van der Waals surface area (Å²) in [6, 6.07) is 10.8. The van der Waals surface area contributed by atoms with Gasteiger partial charge in [-0.25, -0.2) is 0 Å². The van der Waals surface area contributed by atoms with E-state index < -0.39 is 5.97 Å². The van der Waals surface area contributed by atoms with Gasteiger partial charge in [-0.3, -0.25) is 4.79 Å². The molecule has 0 aliphatic rings. The molecule has 1 aromatic carbocycles. The second-order valence-corrected chi connectivity index (χ2v) is 5.16. The maximum Gasteiger partial charge on any atom is 0.304 e. The summed E-state index contributed by atoms with van der Waals surface area (Å²) in [6.07, 6.45) is 0.800. The SMILES string of the molecule is O=C(O)CC(Cc1ccc(O)cc1)c1cccs1. The van der Waals surface area contributed by atoms with E-state index in [-0.39, 0.29) is 18.1 Å². The predicted octanol–water partition coefficient (Wildman–Crippen LogP) is 3.25. The van der Waals surface area contributed by atoms with E-state index in [1.54, 1.807) is 23.5 Å². The Morgan fingerprint density at radius 3 is 2.50 bits per heavy atom. The number of thiophene rings is 1. The fraction of sp³-hybridized carbons (Fsp3) is 0.214. The van der Waals surface area contributed by atoms with Crippen molar-refractivity contribution in [2.45, 2.75) is 18.8 Å². The normalized spacial score (nSPS) is 12.2. The van der Waals surface area contributed by atoms with Crippen LogP contribution in [0, 0.1) is 0 Å². The van der Waals surface area contributed by atoms with Crippen LogP contribution in [0.1, 0.15) is 22.8 Å². The third-order valence-electron chi connectivity index (χ3n) is 2.79. The summed E-state index contributed by atoms with van der Waals surface area (Å²) in [7, 11) is 0. The Hall–Kier alpha value is -1.81. The maximum absolute atomic E-state index is 10.9. The molecule has 0 saturated heterocycles. The summed E-state index contributed by atoms with van der Waals surface area (Å²) in [5.41, 5.74) is 1.03. The van der Waals surface area contributed by atoms with Gasteiger partial charge in [-0.2, -0.15) is 0 Å². The molecule has 4 heteroatoms. The van der Waals surface area contributed by atoms with E-state index in [9.17, 15) is 9.90 Å². The molecule has 0 aliphatic heterocycles. The molecule has 1 heterocycles. The number of carboxylic acids is 1. The average Bonchev–Trinajstić information content (AvgIpc) is 2.84. The molecule has 0 amide bonds. The quantitative estimate of drug-likeness (QED) is 0.869. The molecule has 0 aliphatic carbocycles. The largest absolute Gasteiger partial charge is 0.508 e. The zero-order valence-electron chi connectivity index (χ0n) is 9.74. The Balaban J connectivity index is 2.15. The molecular weight excluding hydrogens is 248 g/mol. The second kappa shape index (κ2) is 5.69. The van der Waals surface area contributed by atoms with E-state index in [1.807, 2.05) is 29.6 Å². The Bertz CT molecular complexity index is 502. The lowest BCUT2D eigenvalue weighted by molar-refractivity contribution is -0.137. The highest BCUT2D eigenvalue weighted by Crippen LogP contribution is 2.28. The van der Waals surface area contributed by atoms with Gasteiger partial charge in [0, 0.05) is 10.8 Å². The summed E-state index contributed by atoms with van der Waals surface area (Å²) >= 11 is 1.58. The lowest BCUT2D eigenvalue weighted by Gasteiger charge is -2.13. The number of phenolic OH excluding ortho intramolecular Hbond substituents is 1. The van der Waals surface area contributed by atoms with Crippen molar-refractivity contribution in [3.05, 3.63) is 52.2 Å². The van der Waals surface area contributed by atoms with Crippen molar-refractivity contribution < 1.29 is 15.0 Å². The number of carbonyl (C=O) groups is 1. The third-order valence-corrected chi connectivity index (χ3v) is 3.82. The van der Waals surface area contributed by atoms with Gasteiger partial charge < -0.3 is 10.2 Å². The molecule has 1 aromatic heterocycles. The van der Waals surface area contributed by atoms with Crippen LogP contribution in [0.4, 0.5) is 0 Å². The van der Waals surface area contributed by atoms with Crippen molar-refractivity contribution >= 4 is 17.3 Å². The molecule has 1 unspecified atom stereocenters. The number of aliphatic carboxylic acids is 1. The van der Waals surface area contributed by atoms with Crippen molar-refractivity contribution in [1.29, 1.82) is 0 Å². The molecule has 0 spiro atoms. The first-order valence-corrected chi connectivity index (χ1v) is 6.56. The fourth-order valence-corrected chi connectivity index (χ4v) is 2.75. The molecule has 0 saturated carbocycles. The number of rotatable bonds is 5. The van der Waals surface area contributed by atoms with Crippen molar-refractivity contribution in [3.63, 3.8) is 0 Å². The van der Waals surface area contributed by atoms with Crippen molar-refractivity contribution in [2.75, 3.05) is 0 Å². The molecule has 2 rings (SSSR count). The van der Waals surface area contributed by atoms with Gasteiger partial charge >= 0.3 is 5.97 Å². The fourth-order valence-electron chi connectivity index (χ4n) is 1.92. The second-order valence-electron chi connectivity index (χ2n) is 4.18. The standard InChI is InChI=1S/C14H14O3S/c15-12-5-3-10(4-6-12)8-11(9-14(16)17)13-2-1-7-18-13/h1-7,11,15H,8-9H2,(H,16,17). The molecule has 0 fully saturated rings. The first kappa shape index (κ1) is 12.6. The highest BCUT2D eigenvalue weighted by molar-refractivity contribution is 7.10. The average molecular weight is 262 g/mol. The highest BCUT2D eigenvalue weighted by atomic mass is 32.1. The van der Waals surface area contributed by atoms with Gasteiger partial charge in [0.05, 0.1) is 6.42 Å². The Morgan fingerprint density at radius 1 is 1.22 bits per heavy atom. The molecule has 3 nitrogen and oxygen atoms in total. The smallest absolute Gasteiger partial charge is 0.304 e. The lowest BCUT2D eigenvalue weighted by Crippen LogP contribution is -2.08. The molecule has 0 radical (unpaired) electrons. The van der Waals surface area contributed by atoms with Crippen LogP contribution in [0.5, 0.6) is 5.75 Å². The first-order chi connectivity index (χ1) is 8.65. The number of hydrogen-bond acceptors (Lipinski definition) is 3. The number of carboxylic acid groups (broad SMARTS) is 1. The summed E-state index contributed by atoms with van der Waals surface area (Å²) in [6.45, 7) is 0. The van der Waals surface area contributed by atoms with Crippen LogP contribution in [-0.2, 0) is 11.2 Å². The number of phenols is 1. The summed E-state index contributed by atoms with van der Waals surface area (Å²) in [5.74, 6) is -0.566. The minimum absolute atomic E-state index is 0.00737. The third kappa shape index (κ3) is 3.34. The Morgan fingerprint density at radius 2 is 1.94 bits per heavy atom. The molecule has 2 aromatic rings. The Labute approximate surface area is 109 Å². The van der Waals surface area contributed by atoms with E-state index in [1.165, 1.54) is 0 Å². The van der Waals surface area contributed by atoms with Crippen LogP contribution in [-0.4, -0.2) is 16.2 Å². The van der Waals surface area contributed by atoms with Crippen LogP contribution in [0.3, 0.4) is 0 Å². The zero-order valence-corrected chi connectivity index (χ0v) is 10.6. The number of aromatic hydroxyl groups is 1. The van der Waals surface area contributed by atoms with Gasteiger partial charge in [0.2, 0.25) is 0 Å². The molecule has 18 heavy (non-hydrogen) atoms. The minimum Gasteiger partial charge on any atom is -0.508 e. The molecular formula is C14H14O3S. The van der Waals surface area contributed by atoms with Gasteiger partial charge in [-0.15, -0.1) is 11.3 Å². The van der Waals surface area contributed by atoms with Gasteiger partial charge in [-0.1, -0.05) is 18.2 Å². The van der Waals surface area contributed by atoms with Crippen LogP contribution >= 0.6 is 11.3 Å². The number of hydrogen-bond donors (Lipinski definition) is 2. The molecule has 1 atom stereocenters. The topological polar surface area (TPSA) is 57.5 Å². The Kier molecular flexibility index (Phi) is 3.99. The van der Waals surface area contributed by atoms with E-state index in [2.05, 4.69) is 0 Å². The maximum atomic E-state index is 10.9. The van der Waals surface area contributed by atoms with Gasteiger partial charge in [-0.05, 0) is 35.6 Å². The van der Waals surface area contributed by atoms with E-state index in [0.29, 0.717) is 6.42 Å². The van der Waals surface area contributed by atoms with E-state index >= 15 is 0 Å². The highest BCUT2D eigenvalue weighted by Gasteiger charge is 2.17. The van der Waals surface area contributed by atoms with Crippen molar-refractivity contribution in [1.82, 2.24) is 0 Å². The van der Waals surface area contributed by atoms with E-state index in [4.69, 9.17) is 5.11 Å². The summed E-state index contributed by atoms with van der Waals surface area (Å²) in [5, 5.41) is 20.2. The van der Waals surface area contributed by atoms with Gasteiger partial charge in [0.15, 0.2) is 0 Å². The van der Waals surface area contributed by atoms with Crippen LogP contribution in [0.15, 0.2) is 41.8 Å². The van der Waals surface area contributed by atoms with Crippen LogP contribution in [0.25, 0.3) is 0 Å². The zero-order chi connectivity index (χ0) is 13.0. The number of benzene rings is 1. The molecule has 94 valence electrons. The van der Waals surface area contributed by atoms with Crippen molar-refractivity contribution in [3.8, 4) is 5.75 Å². The first-order valence-electron chi connectivity index (χ1n) is 5.68. The van der Waals surface area contributed by atoms with Crippen molar-refractivity contribution in [2.24, 2.45) is 0 Å². The van der Waals surface area contributed by atoms with Crippen LogP contribution in [0.2, 0.25) is 0 Å². The van der Waals surface area contributed by atoms with Crippen LogP contribution < -0.4 is 0 Å². The monoisotopic (exact) mass is 262 g/mol.